The van der Waals surface area contributed by atoms with Crippen LogP contribution in [0.4, 0.5) is 0 Å². The van der Waals surface area contributed by atoms with Crippen LogP contribution in [0.25, 0.3) is 0 Å². The Morgan fingerprint density at radius 3 is 2.18 bits per heavy atom. The summed E-state index contributed by atoms with van der Waals surface area (Å²) in [5, 5.41) is 0. The van der Waals surface area contributed by atoms with Gasteiger partial charge < -0.3 is 0 Å². The molecule has 0 amide bonds. The molecule has 1 heteroatoms. The summed E-state index contributed by atoms with van der Waals surface area (Å²) in [6, 6.07) is 0.0880. The molecule has 0 heterocycles. The molecule has 0 aliphatic heterocycles. The van der Waals surface area contributed by atoms with Gasteiger partial charge in [0.15, 0.2) is 0 Å². The highest BCUT2D eigenvalue weighted by molar-refractivity contribution is 5.27. The van der Waals surface area contributed by atoms with Crippen molar-refractivity contribution >= 4 is 6.72 Å². The quantitative estimate of drug-likeness (QED) is 0.423. The molecule has 2 atom stereocenters. The van der Waals surface area contributed by atoms with E-state index in [0.717, 1.165) is 6.42 Å². The lowest BCUT2D eigenvalue weighted by Gasteiger charge is -2.28. The van der Waals surface area contributed by atoms with E-state index in [2.05, 4.69) is 38.7 Å². The zero-order valence-electron chi connectivity index (χ0n) is 7.51. The first-order valence-corrected chi connectivity index (χ1v) is 3.86. The first-order valence-electron chi connectivity index (χ1n) is 3.86. The van der Waals surface area contributed by atoms with E-state index in [1.807, 2.05) is 12.2 Å². The fourth-order valence-electron chi connectivity index (χ4n) is 1.03. The van der Waals surface area contributed by atoms with Crippen molar-refractivity contribution in [2.45, 2.75) is 26.3 Å². The van der Waals surface area contributed by atoms with E-state index in [0.29, 0.717) is 0 Å². The molecule has 0 spiro atoms. The number of hydrogen-bond acceptors (Lipinski definition) is 1. The highest BCUT2D eigenvalue weighted by Gasteiger charge is 2.25. The molecule has 0 saturated carbocycles. The third kappa shape index (κ3) is 2.04. The topological polar surface area (TPSA) is 12.4 Å². The predicted octanol–water partition coefficient (Wildman–Crippen LogP) is 2.84. The smallest absolute Gasteiger partial charge is 0.0757 e. The summed E-state index contributed by atoms with van der Waals surface area (Å²) in [6.45, 7) is 15.2. The maximum Gasteiger partial charge on any atom is 0.0757 e. The van der Waals surface area contributed by atoms with Crippen molar-refractivity contribution in [1.82, 2.24) is 0 Å². The molecule has 62 valence electrons. The van der Waals surface area contributed by atoms with Crippen molar-refractivity contribution in [2.75, 3.05) is 0 Å². The van der Waals surface area contributed by atoms with Gasteiger partial charge in [-0.3, -0.25) is 4.99 Å². The fourth-order valence-corrected chi connectivity index (χ4v) is 1.03. The molecule has 0 aliphatic rings. The summed E-state index contributed by atoms with van der Waals surface area (Å²) in [7, 11) is 0. The van der Waals surface area contributed by atoms with Crippen LogP contribution in [0.3, 0.4) is 0 Å². The van der Waals surface area contributed by atoms with Gasteiger partial charge in [0.05, 0.1) is 6.04 Å². The van der Waals surface area contributed by atoms with Gasteiger partial charge in [-0.15, -0.1) is 13.2 Å². The maximum atomic E-state index is 3.98. The molecule has 0 saturated heterocycles. The van der Waals surface area contributed by atoms with E-state index in [1.165, 1.54) is 0 Å². The predicted molar refractivity (Wildman–Crippen MR) is 52.1 cm³/mol. The zero-order valence-corrected chi connectivity index (χ0v) is 7.51. The van der Waals surface area contributed by atoms with Gasteiger partial charge in [0.1, 0.15) is 0 Å². The molecule has 2 unspecified atom stereocenters. The summed E-state index contributed by atoms with van der Waals surface area (Å²) in [4.78, 5) is 3.98. The van der Waals surface area contributed by atoms with Gasteiger partial charge in [0.25, 0.3) is 0 Å². The summed E-state index contributed by atoms with van der Waals surface area (Å²) in [5.74, 6) is 0. The maximum absolute atomic E-state index is 3.98. The lowest BCUT2D eigenvalue weighted by atomic mass is 9.80. The second-order valence-corrected chi connectivity index (χ2v) is 2.93. The van der Waals surface area contributed by atoms with Crippen LogP contribution in [0.1, 0.15) is 20.3 Å². The van der Waals surface area contributed by atoms with Crippen LogP contribution in [0.5, 0.6) is 0 Å². The Hall–Kier alpha value is -0.850. The van der Waals surface area contributed by atoms with Crippen molar-refractivity contribution in [3.8, 4) is 0 Å². The second kappa shape index (κ2) is 4.12. The van der Waals surface area contributed by atoms with Gasteiger partial charge in [-0.05, 0) is 13.1 Å². The lowest BCUT2D eigenvalue weighted by Crippen LogP contribution is -2.25. The Kier molecular flexibility index (Phi) is 3.80. The molecule has 0 aromatic carbocycles. The minimum Gasteiger partial charge on any atom is -0.293 e. The van der Waals surface area contributed by atoms with E-state index in [4.69, 9.17) is 0 Å². The van der Waals surface area contributed by atoms with Crippen molar-refractivity contribution < 1.29 is 0 Å². The molecule has 0 N–H and O–H groups in total. The van der Waals surface area contributed by atoms with Gasteiger partial charge >= 0.3 is 0 Å². The largest absolute Gasteiger partial charge is 0.293 e. The average Bonchev–Trinajstić information content (AvgIpc) is 2.06. The Morgan fingerprint density at radius 2 is 2.09 bits per heavy atom. The molecule has 0 rings (SSSR count). The van der Waals surface area contributed by atoms with Crippen LogP contribution in [-0.4, -0.2) is 12.8 Å². The second-order valence-electron chi connectivity index (χ2n) is 2.93. The van der Waals surface area contributed by atoms with E-state index in [-0.39, 0.29) is 11.5 Å². The van der Waals surface area contributed by atoms with Crippen molar-refractivity contribution in [3.63, 3.8) is 0 Å². The zero-order chi connectivity index (χ0) is 8.91. The van der Waals surface area contributed by atoms with Gasteiger partial charge in [-0.25, -0.2) is 0 Å². The molecule has 0 bridgehead atoms. The third-order valence-corrected chi connectivity index (χ3v) is 2.32. The molecule has 0 aromatic rings. The summed E-state index contributed by atoms with van der Waals surface area (Å²) >= 11 is 0. The first-order chi connectivity index (χ1) is 5.14. The Labute approximate surface area is 69.5 Å². The Morgan fingerprint density at radius 1 is 1.55 bits per heavy atom. The van der Waals surface area contributed by atoms with Crippen molar-refractivity contribution in [2.24, 2.45) is 10.4 Å². The van der Waals surface area contributed by atoms with E-state index < -0.39 is 0 Å². The standard InChI is InChI=1S/C10H17N/c1-6-9(11-5)10(4,7-2)8-3/h6-7,9H,1-2,5,8H2,3-4H3. The Balaban J connectivity index is 4.56. The van der Waals surface area contributed by atoms with Crippen LogP contribution < -0.4 is 0 Å². The summed E-state index contributed by atoms with van der Waals surface area (Å²) < 4.78 is 0. The first kappa shape index (κ1) is 10.2. The number of hydrogen-bond donors (Lipinski definition) is 0. The molecular weight excluding hydrogens is 134 g/mol. The number of aliphatic imine (C=N–C) groups is 1. The summed E-state index contributed by atoms with van der Waals surface area (Å²) in [5.41, 5.74) is 0.0174. The van der Waals surface area contributed by atoms with Crippen molar-refractivity contribution in [1.29, 1.82) is 0 Å². The minimum absolute atomic E-state index is 0.0174. The molecule has 0 aliphatic carbocycles. The molecule has 11 heavy (non-hydrogen) atoms. The molecular formula is C10H17N. The van der Waals surface area contributed by atoms with Gasteiger partial charge in [-0.2, -0.15) is 0 Å². The van der Waals surface area contributed by atoms with Gasteiger partial charge in [0.2, 0.25) is 0 Å². The van der Waals surface area contributed by atoms with E-state index in [9.17, 15) is 0 Å². The third-order valence-electron chi connectivity index (χ3n) is 2.32. The monoisotopic (exact) mass is 151 g/mol. The van der Waals surface area contributed by atoms with E-state index in [1.54, 1.807) is 0 Å². The van der Waals surface area contributed by atoms with E-state index >= 15 is 0 Å². The average molecular weight is 151 g/mol. The fraction of sp³-hybridized carbons (Fsp3) is 0.500. The highest BCUT2D eigenvalue weighted by Crippen LogP contribution is 2.29. The summed E-state index contributed by atoms with van der Waals surface area (Å²) in [6.07, 6.45) is 4.75. The normalized spacial score (nSPS) is 18.0. The molecule has 0 aromatic heterocycles. The SMILES string of the molecule is C=CC(N=C)C(C)(C=C)CC. The highest BCUT2D eigenvalue weighted by atomic mass is 14.8. The van der Waals surface area contributed by atoms with Crippen molar-refractivity contribution in [3.05, 3.63) is 25.3 Å². The number of rotatable bonds is 5. The van der Waals surface area contributed by atoms with Gasteiger partial charge in [-0.1, -0.05) is 26.0 Å². The van der Waals surface area contributed by atoms with Gasteiger partial charge in [0, 0.05) is 5.41 Å². The Bertz CT molecular complexity index is 152. The van der Waals surface area contributed by atoms with Crippen LogP contribution in [0.2, 0.25) is 0 Å². The van der Waals surface area contributed by atoms with Crippen LogP contribution in [0, 0.1) is 5.41 Å². The number of nitrogens with zero attached hydrogens (tertiary/aromatic N) is 1. The molecule has 1 nitrogen and oxygen atoms in total. The molecule has 0 fully saturated rings. The van der Waals surface area contributed by atoms with Crippen LogP contribution in [-0.2, 0) is 0 Å². The molecule has 0 radical (unpaired) electrons. The lowest BCUT2D eigenvalue weighted by molar-refractivity contribution is 0.370. The minimum atomic E-state index is 0.0174. The van der Waals surface area contributed by atoms with Crippen LogP contribution >= 0.6 is 0 Å². The van der Waals surface area contributed by atoms with Crippen LogP contribution in [0.15, 0.2) is 30.3 Å².